The number of ether oxygens (including phenoxy) is 1. The first kappa shape index (κ1) is 6.86. The number of hydrogen-bond acceptors (Lipinski definition) is 1. The van der Waals surface area contributed by atoms with E-state index in [0.717, 1.165) is 0 Å². The molecule has 1 nitrogen and oxygen atoms in total. The summed E-state index contributed by atoms with van der Waals surface area (Å²) in [5.41, 5.74) is -1.81. The van der Waals surface area contributed by atoms with Gasteiger partial charge >= 0.3 is 6.18 Å². The van der Waals surface area contributed by atoms with Crippen LogP contribution in [0.2, 0.25) is 0 Å². The fourth-order valence-corrected chi connectivity index (χ4v) is 0.512. The lowest BCUT2D eigenvalue weighted by atomic mass is 9.88. The van der Waals surface area contributed by atoms with Gasteiger partial charge in [-0.05, 0) is 6.92 Å². The smallest absolute Gasteiger partial charge is 0.379 e. The Morgan fingerprint density at radius 3 is 1.78 bits per heavy atom. The zero-order chi connectivity index (χ0) is 7.12. The quantitative estimate of drug-likeness (QED) is 0.493. The van der Waals surface area contributed by atoms with Crippen LogP contribution >= 0.6 is 0 Å². The van der Waals surface area contributed by atoms with Gasteiger partial charge in [-0.25, -0.2) is 0 Å². The molecule has 1 fully saturated rings. The van der Waals surface area contributed by atoms with Crippen LogP contribution in [0.1, 0.15) is 0 Å². The normalized spacial score (nSPS) is 25.3. The summed E-state index contributed by atoms with van der Waals surface area (Å²) >= 11 is 0. The molecule has 0 bridgehead atoms. The van der Waals surface area contributed by atoms with E-state index in [-0.39, 0.29) is 13.2 Å². The predicted octanol–water partition coefficient (Wildman–Crippen LogP) is 1.40. The molecule has 0 aromatic heterocycles. The third kappa shape index (κ3) is 0.913. The summed E-state index contributed by atoms with van der Waals surface area (Å²) in [6.07, 6.45) is -4.20. The van der Waals surface area contributed by atoms with Crippen molar-refractivity contribution in [1.82, 2.24) is 0 Å². The molecule has 0 amide bonds. The molecule has 0 N–H and O–H groups in total. The van der Waals surface area contributed by atoms with E-state index in [1.54, 1.807) is 0 Å². The first-order valence-electron chi connectivity index (χ1n) is 2.45. The van der Waals surface area contributed by atoms with Gasteiger partial charge < -0.3 is 4.74 Å². The molecule has 1 aliphatic rings. The Hall–Kier alpha value is -0.250. The lowest BCUT2D eigenvalue weighted by Crippen LogP contribution is -2.51. The van der Waals surface area contributed by atoms with E-state index in [9.17, 15) is 13.2 Å². The van der Waals surface area contributed by atoms with Crippen LogP contribution in [0.25, 0.3) is 0 Å². The second kappa shape index (κ2) is 1.62. The van der Waals surface area contributed by atoms with Gasteiger partial charge in [0.05, 0.1) is 13.2 Å². The van der Waals surface area contributed by atoms with Crippen molar-refractivity contribution in [3.63, 3.8) is 0 Å². The SMILES string of the molecule is [CH2]C1(C(F)(F)F)COC1. The zero-order valence-electron chi connectivity index (χ0n) is 4.66. The molecule has 1 rings (SSSR count). The zero-order valence-corrected chi connectivity index (χ0v) is 4.66. The van der Waals surface area contributed by atoms with Gasteiger partial charge in [0.25, 0.3) is 0 Å². The number of rotatable bonds is 0. The Balaban J connectivity index is 2.59. The lowest BCUT2D eigenvalue weighted by molar-refractivity contribution is -0.282. The maximum atomic E-state index is 11.7. The Morgan fingerprint density at radius 1 is 1.33 bits per heavy atom. The van der Waals surface area contributed by atoms with Gasteiger partial charge in [-0.2, -0.15) is 13.2 Å². The summed E-state index contributed by atoms with van der Waals surface area (Å²) in [5.74, 6) is 0. The third-order valence-electron chi connectivity index (χ3n) is 1.36. The van der Waals surface area contributed by atoms with Gasteiger partial charge in [-0.15, -0.1) is 0 Å². The minimum atomic E-state index is -4.20. The van der Waals surface area contributed by atoms with Crippen LogP contribution < -0.4 is 0 Å². The van der Waals surface area contributed by atoms with E-state index >= 15 is 0 Å². The highest BCUT2D eigenvalue weighted by Crippen LogP contribution is 2.42. The Bertz CT molecular complexity index is 114. The molecule has 1 aliphatic heterocycles. The van der Waals surface area contributed by atoms with Gasteiger partial charge in [-0.1, -0.05) is 0 Å². The van der Waals surface area contributed by atoms with Crippen molar-refractivity contribution in [2.45, 2.75) is 6.18 Å². The summed E-state index contributed by atoms with van der Waals surface area (Å²) in [6, 6.07) is 0. The molecule has 1 radical (unpaired) electrons. The van der Waals surface area contributed by atoms with E-state index in [2.05, 4.69) is 11.7 Å². The van der Waals surface area contributed by atoms with Crippen LogP contribution in [0.15, 0.2) is 0 Å². The van der Waals surface area contributed by atoms with E-state index in [1.165, 1.54) is 0 Å². The summed E-state index contributed by atoms with van der Waals surface area (Å²) in [4.78, 5) is 0. The Labute approximate surface area is 50.8 Å². The molecular formula is C5H6F3O. The van der Waals surface area contributed by atoms with Gasteiger partial charge in [0, 0.05) is 0 Å². The average molecular weight is 139 g/mol. The van der Waals surface area contributed by atoms with Crippen molar-refractivity contribution < 1.29 is 17.9 Å². The Kier molecular flexibility index (Phi) is 1.24. The molecule has 4 heteroatoms. The number of hydrogen-bond donors (Lipinski definition) is 0. The molecule has 0 unspecified atom stereocenters. The standard InChI is InChI=1S/C5H6F3O/c1-4(2-9-3-4)5(6,7)8/h1-3H2. The molecule has 0 aliphatic carbocycles. The van der Waals surface area contributed by atoms with E-state index in [1.807, 2.05) is 0 Å². The highest BCUT2D eigenvalue weighted by molar-refractivity contribution is 4.94. The van der Waals surface area contributed by atoms with E-state index < -0.39 is 11.6 Å². The van der Waals surface area contributed by atoms with Crippen LogP contribution in [0.5, 0.6) is 0 Å². The minimum Gasteiger partial charge on any atom is -0.379 e. The van der Waals surface area contributed by atoms with Crippen LogP contribution in [0.3, 0.4) is 0 Å². The predicted molar refractivity (Wildman–Crippen MR) is 24.7 cm³/mol. The van der Waals surface area contributed by atoms with Crippen LogP contribution in [-0.2, 0) is 4.74 Å². The van der Waals surface area contributed by atoms with Gasteiger partial charge in [0.2, 0.25) is 0 Å². The molecule has 0 saturated carbocycles. The van der Waals surface area contributed by atoms with Crippen LogP contribution in [-0.4, -0.2) is 19.4 Å². The first-order chi connectivity index (χ1) is 3.96. The van der Waals surface area contributed by atoms with Gasteiger partial charge in [0.1, 0.15) is 5.41 Å². The molecule has 0 aromatic carbocycles. The molecule has 0 aromatic rings. The van der Waals surface area contributed by atoms with E-state index in [4.69, 9.17) is 0 Å². The molecular weight excluding hydrogens is 133 g/mol. The van der Waals surface area contributed by atoms with Crippen molar-refractivity contribution >= 4 is 0 Å². The second-order valence-electron chi connectivity index (χ2n) is 2.27. The summed E-state index contributed by atoms with van der Waals surface area (Å²) < 4.78 is 39.6. The van der Waals surface area contributed by atoms with Gasteiger partial charge in [-0.3, -0.25) is 0 Å². The lowest BCUT2D eigenvalue weighted by Gasteiger charge is -2.39. The van der Waals surface area contributed by atoms with E-state index in [0.29, 0.717) is 0 Å². The minimum absolute atomic E-state index is 0.295. The number of halogens is 3. The highest BCUT2D eigenvalue weighted by Gasteiger charge is 2.56. The second-order valence-corrected chi connectivity index (χ2v) is 2.27. The fourth-order valence-electron chi connectivity index (χ4n) is 0.512. The molecule has 53 valence electrons. The third-order valence-corrected chi connectivity index (χ3v) is 1.36. The molecule has 0 spiro atoms. The van der Waals surface area contributed by atoms with Crippen molar-refractivity contribution in [2.24, 2.45) is 5.41 Å². The average Bonchev–Trinajstić information content (AvgIpc) is 1.57. The maximum Gasteiger partial charge on any atom is 0.398 e. The van der Waals surface area contributed by atoms with Gasteiger partial charge in [0.15, 0.2) is 0 Å². The molecule has 9 heavy (non-hydrogen) atoms. The van der Waals surface area contributed by atoms with Crippen molar-refractivity contribution in [2.75, 3.05) is 13.2 Å². The van der Waals surface area contributed by atoms with Crippen LogP contribution in [0, 0.1) is 12.3 Å². The van der Waals surface area contributed by atoms with Crippen molar-refractivity contribution in [3.8, 4) is 0 Å². The first-order valence-corrected chi connectivity index (χ1v) is 2.45. The molecule has 1 saturated heterocycles. The number of alkyl halides is 3. The largest absolute Gasteiger partial charge is 0.398 e. The van der Waals surface area contributed by atoms with Crippen molar-refractivity contribution in [1.29, 1.82) is 0 Å². The molecule has 0 atom stereocenters. The monoisotopic (exact) mass is 139 g/mol. The summed E-state index contributed by atoms with van der Waals surface area (Å²) in [5, 5.41) is 0. The van der Waals surface area contributed by atoms with Crippen molar-refractivity contribution in [3.05, 3.63) is 6.92 Å². The summed E-state index contributed by atoms with van der Waals surface area (Å²) in [6.45, 7) is 2.41. The highest BCUT2D eigenvalue weighted by atomic mass is 19.4. The fraction of sp³-hybridized carbons (Fsp3) is 0.800. The topological polar surface area (TPSA) is 9.23 Å². The molecule has 1 heterocycles. The van der Waals surface area contributed by atoms with Crippen LogP contribution in [0.4, 0.5) is 13.2 Å². The Morgan fingerprint density at radius 2 is 1.78 bits per heavy atom. The maximum absolute atomic E-state index is 11.7. The summed E-state index contributed by atoms with van der Waals surface area (Å²) in [7, 11) is 0.